The van der Waals surface area contributed by atoms with Gasteiger partial charge in [0.2, 0.25) is 15.9 Å². The van der Waals surface area contributed by atoms with E-state index in [0.29, 0.717) is 13.1 Å². The molecule has 19 heavy (non-hydrogen) atoms. The van der Waals surface area contributed by atoms with E-state index in [9.17, 15) is 18.0 Å². The van der Waals surface area contributed by atoms with Gasteiger partial charge in [-0.15, -0.1) is 0 Å². The minimum Gasteiger partial charge on any atom is -0.444 e. The minimum atomic E-state index is -3.51. The lowest BCUT2D eigenvalue weighted by Gasteiger charge is -2.39. The summed E-state index contributed by atoms with van der Waals surface area (Å²) < 4.78 is 28.7. The molecule has 0 aromatic heterocycles. The molecule has 1 aliphatic heterocycles. The topological polar surface area (TPSA) is 92.8 Å². The molecule has 1 fully saturated rings. The third-order valence-electron chi connectivity index (χ3n) is 2.38. The number of carbonyl (C=O) groups is 2. The van der Waals surface area contributed by atoms with E-state index >= 15 is 0 Å². The molecule has 0 saturated carbocycles. The van der Waals surface area contributed by atoms with Crippen molar-refractivity contribution in [2.75, 3.05) is 19.3 Å². The molecule has 7 nitrogen and oxygen atoms in total. The third-order valence-corrected chi connectivity index (χ3v) is 2.98. The summed E-state index contributed by atoms with van der Waals surface area (Å²) in [4.78, 5) is 24.4. The monoisotopic (exact) mass is 292 g/mol. The molecule has 1 saturated heterocycles. The van der Waals surface area contributed by atoms with Gasteiger partial charge in [0.15, 0.2) is 0 Å². The summed E-state index contributed by atoms with van der Waals surface area (Å²) in [5.41, 5.74) is -0.546. The maximum absolute atomic E-state index is 11.6. The Bertz CT molecular complexity index is 460. The Morgan fingerprint density at radius 2 is 1.84 bits per heavy atom. The highest BCUT2D eigenvalue weighted by Gasteiger charge is 2.34. The van der Waals surface area contributed by atoms with Crippen molar-refractivity contribution in [2.24, 2.45) is 5.92 Å². The molecule has 0 unspecified atom stereocenters. The van der Waals surface area contributed by atoms with Crippen LogP contribution in [0.15, 0.2) is 0 Å². The van der Waals surface area contributed by atoms with Crippen molar-refractivity contribution in [2.45, 2.75) is 32.8 Å². The van der Waals surface area contributed by atoms with Crippen LogP contribution in [0.25, 0.3) is 0 Å². The molecule has 0 spiro atoms. The van der Waals surface area contributed by atoms with Gasteiger partial charge in [0, 0.05) is 25.4 Å². The first-order valence-electron chi connectivity index (χ1n) is 5.95. The number of carbonyl (C=O) groups excluding carboxylic acids is 2. The van der Waals surface area contributed by atoms with Crippen molar-refractivity contribution in [1.82, 2.24) is 9.62 Å². The van der Waals surface area contributed by atoms with Crippen molar-refractivity contribution in [1.29, 1.82) is 0 Å². The van der Waals surface area contributed by atoms with Crippen LogP contribution in [0.3, 0.4) is 0 Å². The van der Waals surface area contributed by atoms with Crippen molar-refractivity contribution < 1.29 is 22.7 Å². The zero-order chi connectivity index (χ0) is 14.8. The van der Waals surface area contributed by atoms with Crippen LogP contribution in [0.4, 0.5) is 4.79 Å². The SMILES string of the molecule is CC(C)(C)OC(=O)N1CC(CC(=O)NS(C)(=O)=O)C1. The number of nitrogens with zero attached hydrogens (tertiary/aromatic N) is 1. The highest BCUT2D eigenvalue weighted by Crippen LogP contribution is 2.21. The van der Waals surface area contributed by atoms with Gasteiger partial charge in [-0.2, -0.15) is 0 Å². The largest absolute Gasteiger partial charge is 0.444 e. The second-order valence-electron chi connectivity index (χ2n) is 5.75. The van der Waals surface area contributed by atoms with E-state index in [1.54, 1.807) is 20.8 Å². The summed E-state index contributed by atoms with van der Waals surface area (Å²) in [5.74, 6) is -0.564. The van der Waals surface area contributed by atoms with Crippen LogP contribution in [0.5, 0.6) is 0 Å². The molecule has 0 aromatic rings. The highest BCUT2D eigenvalue weighted by atomic mass is 32.2. The summed E-state index contributed by atoms with van der Waals surface area (Å²) in [6, 6.07) is 0. The van der Waals surface area contributed by atoms with Crippen molar-refractivity contribution >= 4 is 22.0 Å². The second kappa shape index (κ2) is 5.36. The molecule has 8 heteroatoms. The Balaban J connectivity index is 2.31. The first-order chi connectivity index (χ1) is 8.46. The Morgan fingerprint density at radius 1 is 1.32 bits per heavy atom. The van der Waals surface area contributed by atoms with Gasteiger partial charge in [0.1, 0.15) is 5.60 Å². The standard InChI is InChI=1S/C11H20N2O5S/c1-11(2,3)18-10(15)13-6-8(7-13)5-9(14)12-19(4,16)17/h8H,5-7H2,1-4H3,(H,12,14). The van der Waals surface area contributed by atoms with Gasteiger partial charge in [-0.1, -0.05) is 0 Å². The van der Waals surface area contributed by atoms with Crippen LogP contribution in [0.1, 0.15) is 27.2 Å². The summed E-state index contributed by atoms with van der Waals surface area (Å²) in [5, 5.41) is 0. The third kappa shape index (κ3) is 5.91. The number of hydrogen-bond donors (Lipinski definition) is 1. The van der Waals surface area contributed by atoms with Gasteiger partial charge in [-0.25, -0.2) is 13.2 Å². The zero-order valence-electron chi connectivity index (χ0n) is 11.6. The summed E-state index contributed by atoms with van der Waals surface area (Å²) in [7, 11) is -3.51. The maximum atomic E-state index is 11.6. The first kappa shape index (κ1) is 15.7. The maximum Gasteiger partial charge on any atom is 0.410 e. The molecule has 2 amide bonds. The van der Waals surface area contributed by atoms with Crippen LogP contribution in [-0.2, 0) is 19.6 Å². The fraction of sp³-hybridized carbons (Fsp3) is 0.818. The highest BCUT2D eigenvalue weighted by molar-refractivity contribution is 7.89. The van der Waals surface area contributed by atoms with Crippen LogP contribution in [0, 0.1) is 5.92 Å². The fourth-order valence-electron chi connectivity index (χ4n) is 1.69. The molecule has 0 aliphatic carbocycles. The van der Waals surface area contributed by atoms with Gasteiger partial charge in [0.05, 0.1) is 6.26 Å². The molecule has 0 radical (unpaired) electrons. The Morgan fingerprint density at radius 3 is 2.26 bits per heavy atom. The van der Waals surface area contributed by atoms with Gasteiger partial charge in [-0.3, -0.25) is 9.52 Å². The lowest BCUT2D eigenvalue weighted by atomic mass is 9.97. The zero-order valence-corrected chi connectivity index (χ0v) is 12.4. The molecule has 1 aliphatic rings. The van der Waals surface area contributed by atoms with Gasteiger partial charge in [0.25, 0.3) is 0 Å². The van der Waals surface area contributed by atoms with Crippen LogP contribution in [-0.4, -0.2) is 50.3 Å². The van der Waals surface area contributed by atoms with E-state index in [1.807, 2.05) is 4.72 Å². The van der Waals surface area contributed by atoms with Gasteiger partial charge in [-0.05, 0) is 20.8 Å². The van der Waals surface area contributed by atoms with Gasteiger partial charge >= 0.3 is 6.09 Å². The van der Waals surface area contributed by atoms with Crippen molar-refractivity contribution in [3.8, 4) is 0 Å². The predicted molar refractivity (Wildman–Crippen MR) is 68.9 cm³/mol. The average molecular weight is 292 g/mol. The number of nitrogens with one attached hydrogen (secondary N) is 1. The van der Waals surface area contributed by atoms with Crippen LogP contribution < -0.4 is 4.72 Å². The smallest absolute Gasteiger partial charge is 0.410 e. The molecule has 0 aromatic carbocycles. The fourth-order valence-corrected chi connectivity index (χ4v) is 2.18. The van der Waals surface area contributed by atoms with E-state index < -0.39 is 27.6 Å². The van der Waals surface area contributed by atoms with E-state index in [1.165, 1.54) is 4.90 Å². The predicted octanol–water partition coefficient (Wildman–Crippen LogP) is 0.319. The van der Waals surface area contributed by atoms with Crippen LogP contribution >= 0.6 is 0 Å². The number of amides is 2. The number of hydrogen-bond acceptors (Lipinski definition) is 5. The van der Waals surface area contributed by atoms with Crippen LogP contribution in [0.2, 0.25) is 0 Å². The lowest BCUT2D eigenvalue weighted by molar-refractivity contribution is -0.121. The Labute approximate surface area is 113 Å². The van der Waals surface area contributed by atoms with Crippen molar-refractivity contribution in [3.05, 3.63) is 0 Å². The minimum absolute atomic E-state index is 0.0192. The molecule has 0 atom stereocenters. The number of likely N-dealkylation sites (tertiary alicyclic amines) is 1. The second-order valence-corrected chi connectivity index (χ2v) is 7.50. The van der Waals surface area contributed by atoms with Crippen molar-refractivity contribution in [3.63, 3.8) is 0 Å². The lowest BCUT2D eigenvalue weighted by Crippen LogP contribution is -2.52. The van der Waals surface area contributed by atoms with E-state index in [0.717, 1.165) is 6.26 Å². The summed E-state index contributed by atoms with van der Waals surface area (Å²) >= 11 is 0. The molecule has 0 bridgehead atoms. The summed E-state index contributed by atoms with van der Waals surface area (Å²) in [6.07, 6.45) is 0.609. The normalized spacial score (nSPS) is 16.7. The Kier molecular flexibility index (Phi) is 4.44. The molecule has 110 valence electrons. The average Bonchev–Trinajstić information content (AvgIpc) is 2.03. The number of rotatable bonds is 3. The number of sulfonamides is 1. The van der Waals surface area contributed by atoms with Gasteiger partial charge < -0.3 is 9.64 Å². The van der Waals surface area contributed by atoms with E-state index in [4.69, 9.17) is 4.74 Å². The first-order valence-corrected chi connectivity index (χ1v) is 7.84. The van der Waals surface area contributed by atoms with E-state index in [2.05, 4.69) is 0 Å². The summed E-state index contributed by atoms with van der Waals surface area (Å²) in [6.45, 7) is 6.16. The number of ether oxygens (including phenoxy) is 1. The Hall–Kier alpha value is -1.31. The molecular formula is C11H20N2O5S. The van der Waals surface area contributed by atoms with E-state index in [-0.39, 0.29) is 12.3 Å². The molecule has 1 N–H and O–H groups in total. The molecule has 1 rings (SSSR count). The quantitative estimate of drug-likeness (QED) is 0.808. The molecular weight excluding hydrogens is 272 g/mol. The molecule has 1 heterocycles.